The number of nitrogens with zero attached hydrogens (tertiary/aromatic N) is 2. The van der Waals surface area contributed by atoms with Crippen LogP contribution >= 0.6 is 0 Å². The summed E-state index contributed by atoms with van der Waals surface area (Å²) >= 11 is -0.377. The van der Waals surface area contributed by atoms with Crippen LogP contribution in [0.3, 0.4) is 0 Å². The van der Waals surface area contributed by atoms with E-state index < -0.39 is 5.63 Å². The van der Waals surface area contributed by atoms with Gasteiger partial charge in [0.1, 0.15) is 0 Å². The Kier molecular flexibility index (Phi) is 3.23. The van der Waals surface area contributed by atoms with Gasteiger partial charge in [-0.15, -0.1) is 0 Å². The third kappa shape index (κ3) is 2.06. The second kappa shape index (κ2) is 5.19. The van der Waals surface area contributed by atoms with Gasteiger partial charge in [0.15, 0.2) is 0 Å². The number of nitrogen functional groups attached to an aromatic ring is 1. The summed E-state index contributed by atoms with van der Waals surface area (Å²) in [7, 11) is 0. The van der Waals surface area contributed by atoms with Gasteiger partial charge in [-0.05, 0) is 0 Å². The van der Waals surface area contributed by atoms with E-state index in [1.165, 1.54) is 4.68 Å². The fraction of sp³-hybridized carbons (Fsp3) is 0.118. The summed E-state index contributed by atoms with van der Waals surface area (Å²) in [5.74, 6) is -0.280. The monoisotopic (exact) mass is 387 g/mol. The van der Waals surface area contributed by atoms with Gasteiger partial charge in [0.2, 0.25) is 0 Å². The van der Waals surface area contributed by atoms with Crippen molar-refractivity contribution in [3.05, 3.63) is 56.6 Å². The molecule has 2 N–H and O–H groups in total. The van der Waals surface area contributed by atoms with E-state index in [9.17, 15) is 9.59 Å². The van der Waals surface area contributed by atoms with E-state index in [4.69, 9.17) is 10.2 Å². The van der Waals surface area contributed by atoms with E-state index in [0.717, 1.165) is 21.0 Å². The molecule has 0 atom stereocenters. The first kappa shape index (κ1) is 14.9. The molecule has 4 rings (SSSR count). The quantitative estimate of drug-likeness (QED) is 0.400. The molecule has 24 heavy (non-hydrogen) atoms. The van der Waals surface area contributed by atoms with Gasteiger partial charge < -0.3 is 0 Å². The number of hydrogen-bond donors (Lipinski definition) is 1. The van der Waals surface area contributed by atoms with Crippen LogP contribution in [0.2, 0.25) is 0 Å². The van der Waals surface area contributed by atoms with Gasteiger partial charge in [0.25, 0.3) is 0 Å². The molecule has 0 saturated carbocycles. The summed E-state index contributed by atoms with van der Waals surface area (Å²) in [5.41, 5.74) is 7.87. The van der Waals surface area contributed by atoms with Gasteiger partial charge in [-0.3, -0.25) is 0 Å². The Bertz CT molecular complexity index is 1180. The predicted octanol–water partition coefficient (Wildman–Crippen LogP) is 2.09. The zero-order valence-electron chi connectivity index (χ0n) is 13.0. The number of carbonyl (C=O) groups excluding carboxylic acids is 1. The van der Waals surface area contributed by atoms with Crippen molar-refractivity contribution in [3.63, 3.8) is 0 Å². The fourth-order valence-corrected chi connectivity index (χ4v) is 5.26. The van der Waals surface area contributed by atoms with Crippen molar-refractivity contribution in [3.8, 4) is 0 Å². The van der Waals surface area contributed by atoms with Crippen LogP contribution in [0.1, 0.15) is 20.6 Å². The maximum absolute atomic E-state index is 12.9. The number of rotatable bonds is 1. The Morgan fingerprint density at radius 1 is 1.29 bits per heavy atom. The van der Waals surface area contributed by atoms with Gasteiger partial charge >= 0.3 is 142 Å². The summed E-state index contributed by atoms with van der Waals surface area (Å²) in [6.45, 7) is 3.64. The first-order valence-electron chi connectivity index (χ1n) is 7.29. The number of aryl methyl sites for hydroxylation is 2. The van der Waals surface area contributed by atoms with Crippen molar-refractivity contribution < 1.29 is 9.21 Å². The number of hydrogen-bond acceptors (Lipinski definition) is 5. The zero-order chi connectivity index (χ0) is 17.0. The van der Waals surface area contributed by atoms with Crippen molar-refractivity contribution in [2.45, 2.75) is 13.8 Å². The molecule has 0 aliphatic heterocycles. The fourth-order valence-electron chi connectivity index (χ4n) is 2.82. The number of nitrogens with two attached hydrogens (primary N) is 1. The van der Waals surface area contributed by atoms with Crippen molar-refractivity contribution in [2.24, 2.45) is 0 Å². The normalized spacial score (nSPS) is 11.4. The summed E-state index contributed by atoms with van der Waals surface area (Å²) < 4.78 is 7.93. The molecule has 0 aliphatic carbocycles. The molecule has 1 aromatic carbocycles. The molecule has 6 nitrogen and oxygen atoms in total. The molecule has 3 aromatic heterocycles. The predicted molar refractivity (Wildman–Crippen MR) is 92.8 cm³/mol. The van der Waals surface area contributed by atoms with Gasteiger partial charge in [0, 0.05) is 0 Å². The van der Waals surface area contributed by atoms with E-state index >= 15 is 0 Å². The molecule has 4 aromatic rings. The standard InChI is InChI=1S/C17H13N3O3Se/c1-8-7-9(2)20(19-8)16(21)15-13(18)12-14(24-15)10-5-3-4-6-11(10)23-17(12)22/h3-7H,18H2,1-2H3. The van der Waals surface area contributed by atoms with Crippen LogP contribution < -0.4 is 11.4 Å². The van der Waals surface area contributed by atoms with E-state index in [1.807, 2.05) is 32.0 Å². The van der Waals surface area contributed by atoms with Crippen LogP contribution in [0.15, 0.2) is 39.5 Å². The average Bonchev–Trinajstić information content (AvgIpc) is 3.07. The van der Waals surface area contributed by atoms with E-state index in [2.05, 4.69) is 5.10 Å². The minimum absolute atomic E-state index is 0.210. The molecule has 0 fully saturated rings. The Hall–Kier alpha value is -2.63. The van der Waals surface area contributed by atoms with Gasteiger partial charge in [0.05, 0.1) is 0 Å². The second-order valence-corrected chi connectivity index (χ2v) is 7.72. The first-order chi connectivity index (χ1) is 11.5. The molecule has 120 valence electrons. The Morgan fingerprint density at radius 3 is 2.75 bits per heavy atom. The van der Waals surface area contributed by atoms with Crippen LogP contribution in [-0.4, -0.2) is 30.2 Å². The zero-order valence-corrected chi connectivity index (χ0v) is 14.7. The molecular formula is C17H13N3O3Se. The van der Waals surface area contributed by atoms with Crippen molar-refractivity contribution in [2.75, 3.05) is 5.73 Å². The Morgan fingerprint density at radius 2 is 2.04 bits per heavy atom. The number of carbonyl (C=O) groups is 1. The summed E-state index contributed by atoms with van der Waals surface area (Å²) in [6.07, 6.45) is 0. The molecule has 3 heterocycles. The summed E-state index contributed by atoms with van der Waals surface area (Å²) in [4.78, 5) is 25.2. The molecular weight excluding hydrogens is 373 g/mol. The minimum atomic E-state index is -0.501. The third-order valence-corrected chi connectivity index (χ3v) is 6.45. The molecule has 0 radical (unpaired) electrons. The first-order valence-corrected chi connectivity index (χ1v) is 9.00. The molecule has 0 aliphatic rings. The van der Waals surface area contributed by atoms with Gasteiger partial charge in [-0.2, -0.15) is 0 Å². The van der Waals surface area contributed by atoms with Gasteiger partial charge in [-0.1, -0.05) is 0 Å². The Labute approximate surface area is 142 Å². The van der Waals surface area contributed by atoms with Gasteiger partial charge in [-0.25, -0.2) is 0 Å². The van der Waals surface area contributed by atoms with Crippen LogP contribution in [0.25, 0.3) is 20.6 Å². The number of aromatic nitrogens is 2. The molecule has 0 amide bonds. The maximum atomic E-state index is 12.9. The average molecular weight is 386 g/mol. The van der Waals surface area contributed by atoms with Crippen molar-refractivity contribution in [1.29, 1.82) is 0 Å². The second-order valence-electron chi connectivity index (χ2n) is 5.58. The summed E-state index contributed by atoms with van der Waals surface area (Å²) in [6, 6.07) is 9.12. The number of anilines is 1. The number of fused-ring (bicyclic) bond motifs is 3. The number of para-hydroxylation sites is 1. The van der Waals surface area contributed by atoms with E-state index in [-0.39, 0.29) is 26.1 Å². The van der Waals surface area contributed by atoms with Crippen LogP contribution in [0, 0.1) is 13.8 Å². The molecule has 7 heteroatoms. The topological polar surface area (TPSA) is 91.1 Å². The molecule has 0 bridgehead atoms. The van der Waals surface area contributed by atoms with E-state index in [0.29, 0.717) is 15.4 Å². The van der Waals surface area contributed by atoms with E-state index in [1.54, 1.807) is 12.1 Å². The van der Waals surface area contributed by atoms with Crippen LogP contribution in [0.5, 0.6) is 0 Å². The molecule has 0 unspecified atom stereocenters. The number of benzene rings is 1. The summed E-state index contributed by atoms with van der Waals surface area (Å²) in [5, 5.41) is 5.37. The molecule has 0 saturated heterocycles. The van der Waals surface area contributed by atoms with Crippen LogP contribution in [0.4, 0.5) is 5.69 Å². The molecule has 0 spiro atoms. The Balaban J connectivity index is 2.04. The third-order valence-electron chi connectivity index (χ3n) is 3.88. The van der Waals surface area contributed by atoms with Crippen molar-refractivity contribution >= 4 is 46.7 Å². The van der Waals surface area contributed by atoms with Crippen LogP contribution in [-0.2, 0) is 0 Å². The SMILES string of the molecule is Cc1cc(C)n(C(=O)c2[se]c3c(c2N)c(=O)oc2ccccc23)n1. The van der Waals surface area contributed by atoms with Crippen molar-refractivity contribution in [1.82, 2.24) is 9.78 Å².